The van der Waals surface area contributed by atoms with E-state index >= 15 is 0 Å². The molecule has 0 aliphatic carbocycles. The smallest absolute Gasteiger partial charge is 0.218 e. The maximum atomic E-state index is 5.21. The molecule has 1 N–H and O–H groups in total. The van der Waals surface area contributed by atoms with Crippen molar-refractivity contribution >= 4 is 17.2 Å². The van der Waals surface area contributed by atoms with Crippen molar-refractivity contribution in [1.82, 2.24) is 39.1 Å². The summed E-state index contributed by atoms with van der Waals surface area (Å²) in [6, 6.07) is 5.64. The van der Waals surface area contributed by atoms with Crippen LogP contribution in [0.2, 0.25) is 0 Å². The predicted octanol–water partition coefficient (Wildman–Crippen LogP) is 3.04. The highest BCUT2D eigenvalue weighted by atomic mass is 16.5. The molecule has 0 aliphatic rings. The molecular formula is C21H19N9O. The molecule has 0 saturated heterocycles. The maximum absolute atomic E-state index is 5.21. The third-order valence-corrected chi connectivity index (χ3v) is 4.98. The van der Waals surface area contributed by atoms with Crippen molar-refractivity contribution in [3.63, 3.8) is 0 Å². The second-order valence-corrected chi connectivity index (χ2v) is 6.92. The summed E-state index contributed by atoms with van der Waals surface area (Å²) in [5, 5.41) is 8.02. The number of methoxy groups -OCH3 is 1. The highest BCUT2D eigenvalue weighted by Crippen LogP contribution is 2.32. The van der Waals surface area contributed by atoms with E-state index in [1.54, 1.807) is 25.6 Å². The summed E-state index contributed by atoms with van der Waals surface area (Å²) in [5.41, 5.74) is 3.86. The zero-order valence-corrected chi connectivity index (χ0v) is 17.2. The molecule has 0 aromatic carbocycles. The third-order valence-electron chi connectivity index (χ3n) is 4.98. The predicted molar refractivity (Wildman–Crippen MR) is 115 cm³/mol. The fourth-order valence-electron chi connectivity index (χ4n) is 3.45. The van der Waals surface area contributed by atoms with Gasteiger partial charge in [-0.3, -0.25) is 4.98 Å². The van der Waals surface area contributed by atoms with Gasteiger partial charge in [-0.25, -0.2) is 24.5 Å². The van der Waals surface area contributed by atoms with Gasteiger partial charge in [0.15, 0.2) is 11.6 Å². The Balaban J connectivity index is 1.72. The van der Waals surface area contributed by atoms with E-state index in [1.807, 2.05) is 53.8 Å². The summed E-state index contributed by atoms with van der Waals surface area (Å²) >= 11 is 0. The van der Waals surface area contributed by atoms with Gasteiger partial charge in [0.05, 0.1) is 7.11 Å². The van der Waals surface area contributed by atoms with Crippen molar-refractivity contribution in [2.45, 2.75) is 6.92 Å². The largest absolute Gasteiger partial charge is 0.481 e. The molecule has 5 rings (SSSR count). The maximum Gasteiger partial charge on any atom is 0.218 e. The summed E-state index contributed by atoms with van der Waals surface area (Å²) in [7, 11) is 3.46. The van der Waals surface area contributed by atoms with Gasteiger partial charge in [0, 0.05) is 55.2 Å². The van der Waals surface area contributed by atoms with Gasteiger partial charge in [-0.15, -0.1) is 5.10 Å². The van der Waals surface area contributed by atoms with Crippen LogP contribution in [0.3, 0.4) is 0 Å². The lowest BCUT2D eigenvalue weighted by molar-refractivity contribution is 0.397. The molecule has 10 nitrogen and oxygen atoms in total. The number of hydrogen-bond acceptors (Lipinski definition) is 8. The number of nitrogens with zero attached hydrogens (tertiary/aromatic N) is 8. The summed E-state index contributed by atoms with van der Waals surface area (Å²) in [6.45, 7) is 2.03. The van der Waals surface area contributed by atoms with Gasteiger partial charge in [0.2, 0.25) is 11.7 Å². The fraction of sp³-hybridized carbons (Fsp3) is 0.143. The minimum atomic E-state index is 0.454. The van der Waals surface area contributed by atoms with Gasteiger partial charge in [0.1, 0.15) is 17.7 Å². The second kappa shape index (κ2) is 7.48. The lowest BCUT2D eigenvalue weighted by atomic mass is 10.1. The number of ether oxygens (including phenoxy) is 1. The zero-order valence-electron chi connectivity index (χ0n) is 17.2. The fourth-order valence-corrected chi connectivity index (χ4v) is 3.45. The average Bonchev–Trinajstić information content (AvgIpc) is 3.37. The van der Waals surface area contributed by atoms with Crippen LogP contribution >= 0.6 is 0 Å². The average molecular weight is 413 g/mol. The van der Waals surface area contributed by atoms with E-state index in [0.29, 0.717) is 29.2 Å². The van der Waals surface area contributed by atoms with Crippen LogP contribution in [0.25, 0.3) is 28.3 Å². The highest BCUT2D eigenvalue weighted by molar-refractivity contribution is 5.84. The Morgan fingerprint density at radius 3 is 2.77 bits per heavy atom. The Labute approximate surface area is 177 Å². The molecule has 0 saturated carbocycles. The zero-order chi connectivity index (χ0) is 21.4. The van der Waals surface area contributed by atoms with Gasteiger partial charge in [-0.05, 0) is 18.6 Å². The van der Waals surface area contributed by atoms with Gasteiger partial charge >= 0.3 is 0 Å². The first-order valence-electron chi connectivity index (χ1n) is 9.55. The Morgan fingerprint density at radius 2 is 2.03 bits per heavy atom. The lowest BCUT2D eigenvalue weighted by Gasteiger charge is -2.10. The normalized spacial score (nSPS) is 11.1. The number of aryl methyl sites for hydroxylation is 2. The minimum Gasteiger partial charge on any atom is -0.481 e. The van der Waals surface area contributed by atoms with Gasteiger partial charge in [-0.2, -0.15) is 0 Å². The van der Waals surface area contributed by atoms with Crippen molar-refractivity contribution in [3.8, 4) is 28.7 Å². The van der Waals surface area contributed by atoms with Gasteiger partial charge in [-0.1, -0.05) is 6.07 Å². The van der Waals surface area contributed by atoms with Crippen molar-refractivity contribution in [2.75, 3.05) is 12.4 Å². The molecule has 5 heterocycles. The molecule has 10 heteroatoms. The van der Waals surface area contributed by atoms with Crippen LogP contribution in [-0.4, -0.2) is 46.2 Å². The monoisotopic (exact) mass is 413 g/mol. The van der Waals surface area contributed by atoms with Crippen molar-refractivity contribution in [2.24, 2.45) is 7.05 Å². The first-order valence-corrected chi connectivity index (χ1v) is 9.55. The third kappa shape index (κ3) is 3.33. The Morgan fingerprint density at radius 1 is 1.13 bits per heavy atom. The molecule has 0 unspecified atom stereocenters. The number of rotatable bonds is 5. The molecular weight excluding hydrogens is 394 g/mol. The Hall–Kier alpha value is -4.34. The summed E-state index contributed by atoms with van der Waals surface area (Å²) in [5.74, 6) is 2.74. The topological polar surface area (TPSA) is 108 Å². The number of pyridine rings is 1. The quantitative estimate of drug-likeness (QED) is 0.468. The van der Waals surface area contributed by atoms with E-state index < -0.39 is 0 Å². The molecule has 0 amide bonds. The van der Waals surface area contributed by atoms with Crippen molar-refractivity contribution in [1.29, 1.82) is 0 Å². The Kier molecular flexibility index (Phi) is 4.51. The van der Waals surface area contributed by atoms with Gasteiger partial charge < -0.3 is 14.6 Å². The van der Waals surface area contributed by atoms with Gasteiger partial charge in [0.25, 0.3) is 0 Å². The summed E-state index contributed by atoms with van der Waals surface area (Å²) in [6.07, 6.45) is 10.6. The lowest BCUT2D eigenvalue weighted by Crippen LogP contribution is -2.07. The molecule has 5 aromatic rings. The molecule has 0 radical (unpaired) electrons. The number of nitrogens with one attached hydrogen (secondary N) is 1. The van der Waals surface area contributed by atoms with Crippen LogP contribution in [0.5, 0.6) is 5.88 Å². The second-order valence-electron chi connectivity index (χ2n) is 6.92. The van der Waals surface area contributed by atoms with Crippen LogP contribution in [0.1, 0.15) is 5.56 Å². The van der Waals surface area contributed by atoms with E-state index in [2.05, 4.69) is 25.3 Å². The molecule has 0 spiro atoms. The summed E-state index contributed by atoms with van der Waals surface area (Å²) in [4.78, 5) is 21.8. The number of anilines is 2. The van der Waals surface area contributed by atoms with E-state index in [0.717, 1.165) is 22.2 Å². The number of fused-ring (bicyclic) bond motifs is 1. The van der Waals surface area contributed by atoms with Crippen LogP contribution in [0.15, 0.2) is 55.5 Å². The molecule has 0 bridgehead atoms. The first kappa shape index (κ1) is 18.7. The standard InChI is InChI=1S/C21H19N9O/c1-13-15(14-5-4-6-22-10-14)11-30-18(13)19(26-16-9-17(31-3)25-12-24-16)27-20(28-30)21-23-7-8-29(21)2/h4-12H,1-3H3,(H,24,25,26,27,28). The SMILES string of the molecule is COc1cc(Nc2nc(-c3nccn3C)nn3cc(-c4cccnc4)c(C)c23)ncn1. The van der Waals surface area contributed by atoms with Crippen molar-refractivity contribution < 1.29 is 4.74 Å². The van der Waals surface area contributed by atoms with Crippen LogP contribution in [0.4, 0.5) is 11.6 Å². The van der Waals surface area contributed by atoms with E-state index in [4.69, 9.17) is 14.8 Å². The van der Waals surface area contributed by atoms with Crippen LogP contribution in [-0.2, 0) is 7.05 Å². The number of aromatic nitrogens is 8. The molecule has 0 atom stereocenters. The number of imidazole rings is 1. The molecule has 5 aromatic heterocycles. The molecule has 31 heavy (non-hydrogen) atoms. The molecule has 0 fully saturated rings. The molecule has 0 aliphatic heterocycles. The minimum absolute atomic E-state index is 0.454. The van der Waals surface area contributed by atoms with Crippen LogP contribution in [0, 0.1) is 6.92 Å². The van der Waals surface area contributed by atoms with E-state index in [1.165, 1.54) is 6.33 Å². The van der Waals surface area contributed by atoms with E-state index in [-0.39, 0.29) is 0 Å². The van der Waals surface area contributed by atoms with Crippen molar-refractivity contribution in [3.05, 3.63) is 61.1 Å². The number of hydrogen-bond donors (Lipinski definition) is 1. The van der Waals surface area contributed by atoms with E-state index in [9.17, 15) is 0 Å². The highest BCUT2D eigenvalue weighted by Gasteiger charge is 2.19. The summed E-state index contributed by atoms with van der Waals surface area (Å²) < 4.78 is 8.90. The first-order chi connectivity index (χ1) is 15.1. The Bertz CT molecular complexity index is 1370. The van der Waals surface area contributed by atoms with Crippen LogP contribution < -0.4 is 10.1 Å². The molecule has 154 valence electrons.